The zero-order valence-electron chi connectivity index (χ0n) is 11.5. The number of nitrogens with zero attached hydrogens (tertiary/aromatic N) is 1. The van der Waals surface area contributed by atoms with Crippen LogP contribution in [0, 0.1) is 5.82 Å². The predicted octanol–water partition coefficient (Wildman–Crippen LogP) is 4.24. The van der Waals surface area contributed by atoms with Crippen LogP contribution < -0.4 is 0 Å². The van der Waals surface area contributed by atoms with E-state index in [-0.39, 0.29) is 11.9 Å². The van der Waals surface area contributed by atoms with Crippen LogP contribution in [0.5, 0.6) is 0 Å². The summed E-state index contributed by atoms with van der Waals surface area (Å²) in [5.41, 5.74) is 1.70. The summed E-state index contributed by atoms with van der Waals surface area (Å²) < 4.78 is 15.0. The molecule has 0 aliphatic rings. The molecule has 0 saturated heterocycles. The van der Waals surface area contributed by atoms with E-state index in [9.17, 15) is 9.50 Å². The van der Waals surface area contributed by atoms with Crippen molar-refractivity contribution in [2.24, 2.45) is 0 Å². The predicted molar refractivity (Wildman–Crippen MR) is 82.5 cm³/mol. The highest BCUT2D eigenvalue weighted by Crippen LogP contribution is 2.31. The Kier molecular flexibility index (Phi) is 3.59. The first-order valence-electron chi connectivity index (χ1n) is 6.82. The summed E-state index contributed by atoms with van der Waals surface area (Å²) in [7, 11) is 0. The van der Waals surface area contributed by atoms with E-state index >= 15 is 0 Å². The fourth-order valence-electron chi connectivity index (χ4n) is 2.62. The SMILES string of the molecule is C=C[C@@H]([C@H](O)c1ccc(F)cc1)n1ccc2ccccc21. The topological polar surface area (TPSA) is 25.2 Å². The lowest BCUT2D eigenvalue weighted by Gasteiger charge is -2.23. The number of hydrogen-bond acceptors (Lipinski definition) is 1. The summed E-state index contributed by atoms with van der Waals surface area (Å²) in [6.45, 7) is 3.83. The van der Waals surface area contributed by atoms with Gasteiger partial charge in [0.15, 0.2) is 0 Å². The number of fused-ring (bicyclic) bond motifs is 1. The number of rotatable bonds is 4. The van der Waals surface area contributed by atoms with Gasteiger partial charge in [0.2, 0.25) is 0 Å². The molecule has 21 heavy (non-hydrogen) atoms. The zero-order valence-corrected chi connectivity index (χ0v) is 11.5. The maximum absolute atomic E-state index is 13.0. The Morgan fingerprint density at radius 1 is 1.05 bits per heavy atom. The molecule has 2 nitrogen and oxygen atoms in total. The third-order valence-corrected chi connectivity index (χ3v) is 3.73. The van der Waals surface area contributed by atoms with E-state index in [1.807, 2.05) is 41.1 Å². The second-order valence-electron chi connectivity index (χ2n) is 5.00. The van der Waals surface area contributed by atoms with Gasteiger partial charge in [-0.2, -0.15) is 0 Å². The molecule has 3 aromatic rings. The van der Waals surface area contributed by atoms with Crippen LogP contribution in [0.3, 0.4) is 0 Å². The van der Waals surface area contributed by atoms with Crippen molar-refractivity contribution in [3.8, 4) is 0 Å². The van der Waals surface area contributed by atoms with Crippen molar-refractivity contribution in [3.63, 3.8) is 0 Å². The summed E-state index contributed by atoms with van der Waals surface area (Å²) in [4.78, 5) is 0. The van der Waals surface area contributed by atoms with Gasteiger partial charge in [-0.1, -0.05) is 36.4 Å². The van der Waals surface area contributed by atoms with Crippen LogP contribution in [-0.4, -0.2) is 9.67 Å². The van der Waals surface area contributed by atoms with Gasteiger partial charge >= 0.3 is 0 Å². The fourth-order valence-corrected chi connectivity index (χ4v) is 2.62. The molecule has 0 aliphatic heterocycles. The molecule has 0 spiro atoms. The monoisotopic (exact) mass is 281 g/mol. The highest BCUT2D eigenvalue weighted by atomic mass is 19.1. The number of aliphatic hydroxyl groups is 1. The smallest absolute Gasteiger partial charge is 0.123 e. The van der Waals surface area contributed by atoms with Crippen molar-refractivity contribution in [1.82, 2.24) is 4.57 Å². The lowest BCUT2D eigenvalue weighted by Crippen LogP contribution is -2.15. The minimum Gasteiger partial charge on any atom is -0.386 e. The Morgan fingerprint density at radius 2 is 1.76 bits per heavy atom. The first-order valence-corrected chi connectivity index (χ1v) is 6.82. The van der Waals surface area contributed by atoms with Gasteiger partial charge in [-0.25, -0.2) is 4.39 Å². The molecule has 3 heteroatoms. The first-order chi connectivity index (χ1) is 10.2. The molecule has 0 aliphatic carbocycles. The number of aliphatic hydroxyl groups excluding tert-OH is 1. The van der Waals surface area contributed by atoms with E-state index in [1.165, 1.54) is 12.1 Å². The normalized spacial score (nSPS) is 14.0. The maximum atomic E-state index is 13.0. The van der Waals surface area contributed by atoms with Crippen molar-refractivity contribution in [2.45, 2.75) is 12.1 Å². The minimum absolute atomic E-state index is 0.310. The summed E-state index contributed by atoms with van der Waals surface area (Å²) in [5, 5.41) is 11.7. The quantitative estimate of drug-likeness (QED) is 0.711. The molecular formula is C18H16FNO. The second kappa shape index (κ2) is 5.54. The zero-order chi connectivity index (χ0) is 14.8. The summed E-state index contributed by atoms with van der Waals surface area (Å²) in [6, 6.07) is 15.6. The standard InChI is InChI=1S/C18H16FNO/c1-2-16(18(21)14-7-9-15(19)10-8-14)20-12-11-13-5-3-4-6-17(13)20/h2-12,16,18,21H,1H2/t16-,18+/m0/s1. The highest BCUT2D eigenvalue weighted by molar-refractivity contribution is 5.80. The summed E-state index contributed by atoms with van der Waals surface area (Å²) in [6.07, 6.45) is 2.86. The molecule has 1 N–H and O–H groups in total. The Morgan fingerprint density at radius 3 is 2.48 bits per heavy atom. The molecule has 0 bridgehead atoms. The van der Waals surface area contributed by atoms with Crippen LogP contribution in [0.4, 0.5) is 4.39 Å². The van der Waals surface area contributed by atoms with Crippen LogP contribution >= 0.6 is 0 Å². The minimum atomic E-state index is -0.779. The molecule has 2 atom stereocenters. The molecule has 2 aromatic carbocycles. The third kappa shape index (κ3) is 2.48. The fraction of sp³-hybridized carbons (Fsp3) is 0.111. The van der Waals surface area contributed by atoms with Gasteiger partial charge in [-0.15, -0.1) is 6.58 Å². The van der Waals surface area contributed by atoms with E-state index in [0.717, 1.165) is 10.9 Å². The number of aromatic nitrogens is 1. The van der Waals surface area contributed by atoms with Crippen LogP contribution in [0.15, 0.2) is 73.4 Å². The Bertz CT molecular complexity index is 760. The van der Waals surface area contributed by atoms with Crippen LogP contribution in [0.2, 0.25) is 0 Å². The number of para-hydroxylation sites is 1. The summed E-state index contributed by atoms with van der Waals surface area (Å²) >= 11 is 0. The van der Waals surface area contributed by atoms with Crippen molar-refractivity contribution < 1.29 is 9.50 Å². The number of hydrogen-bond donors (Lipinski definition) is 1. The van der Waals surface area contributed by atoms with Gasteiger partial charge in [0.1, 0.15) is 11.9 Å². The molecule has 1 aromatic heterocycles. The second-order valence-corrected chi connectivity index (χ2v) is 5.00. The Hall–Kier alpha value is -2.39. The van der Waals surface area contributed by atoms with E-state index in [0.29, 0.717) is 5.56 Å². The lowest BCUT2D eigenvalue weighted by atomic mass is 10.0. The molecular weight excluding hydrogens is 265 g/mol. The average Bonchev–Trinajstić information content (AvgIpc) is 2.93. The van der Waals surface area contributed by atoms with Crippen LogP contribution in [-0.2, 0) is 0 Å². The molecule has 3 rings (SSSR count). The van der Waals surface area contributed by atoms with E-state index in [2.05, 4.69) is 6.58 Å². The molecule has 106 valence electrons. The van der Waals surface area contributed by atoms with Crippen LogP contribution in [0.1, 0.15) is 17.7 Å². The van der Waals surface area contributed by atoms with E-state index < -0.39 is 6.10 Å². The summed E-state index contributed by atoms with van der Waals surface area (Å²) in [5.74, 6) is -0.312. The molecule has 1 heterocycles. The van der Waals surface area contributed by atoms with E-state index in [1.54, 1.807) is 18.2 Å². The van der Waals surface area contributed by atoms with Gasteiger partial charge in [-0.3, -0.25) is 0 Å². The average molecular weight is 281 g/mol. The van der Waals surface area contributed by atoms with Gasteiger partial charge in [0, 0.05) is 11.7 Å². The van der Waals surface area contributed by atoms with E-state index in [4.69, 9.17) is 0 Å². The Balaban J connectivity index is 2.01. The number of halogens is 1. The molecule has 0 saturated carbocycles. The van der Waals surface area contributed by atoms with Crippen molar-refractivity contribution >= 4 is 10.9 Å². The van der Waals surface area contributed by atoms with Gasteiger partial charge in [0.25, 0.3) is 0 Å². The molecule has 0 amide bonds. The van der Waals surface area contributed by atoms with Gasteiger partial charge in [-0.05, 0) is 35.2 Å². The van der Waals surface area contributed by atoms with Crippen LogP contribution in [0.25, 0.3) is 10.9 Å². The lowest BCUT2D eigenvalue weighted by molar-refractivity contribution is 0.137. The maximum Gasteiger partial charge on any atom is 0.123 e. The van der Waals surface area contributed by atoms with Crippen molar-refractivity contribution in [2.75, 3.05) is 0 Å². The first kappa shape index (κ1) is 13.6. The molecule has 0 fully saturated rings. The molecule has 0 radical (unpaired) electrons. The number of benzene rings is 2. The Labute approximate surface area is 122 Å². The van der Waals surface area contributed by atoms with Crippen molar-refractivity contribution in [3.05, 3.63) is 84.8 Å². The highest BCUT2D eigenvalue weighted by Gasteiger charge is 2.20. The largest absolute Gasteiger partial charge is 0.386 e. The van der Waals surface area contributed by atoms with Crippen molar-refractivity contribution in [1.29, 1.82) is 0 Å². The van der Waals surface area contributed by atoms with Gasteiger partial charge < -0.3 is 9.67 Å². The third-order valence-electron chi connectivity index (χ3n) is 3.73. The molecule has 0 unspecified atom stereocenters. The van der Waals surface area contributed by atoms with Gasteiger partial charge in [0.05, 0.1) is 6.04 Å².